The molecule has 3 rings (SSSR count). The normalized spacial score (nSPS) is 12.9. The summed E-state index contributed by atoms with van der Waals surface area (Å²) in [6.07, 6.45) is 2.64. The molecule has 6 nitrogen and oxygen atoms in total. The lowest BCUT2D eigenvalue weighted by Gasteiger charge is -2.27. The van der Waals surface area contributed by atoms with Gasteiger partial charge in [-0.25, -0.2) is 4.79 Å². The van der Waals surface area contributed by atoms with Crippen molar-refractivity contribution in [2.45, 2.75) is 52.4 Å². The number of carbonyl (C=O) groups excluding carboxylic acids is 3. The van der Waals surface area contributed by atoms with Crippen LogP contribution in [-0.4, -0.2) is 30.9 Å². The number of esters is 1. The second kappa shape index (κ2) is 9.00. The second-order valence-electron chi connectivity index (χ2n) is 8.12. The van der Waals surface area contributed by atoms with Gasteiger partial charge >= 0.3 is 17.8 Å². The predicted molar refractivity (Wildman–Crippen MR) is 118 cm³/mol. The van der Waals surface area contributed by atoms with Crippen molar-refractivity contribution in [1.29, 1.82) is 0 Å². The van der Waals surface area contributed by atoms with Crippen molar-refractivity contribution in [3.63, 3.8) is 0 Å². The smallest absolute Gasteiger partial charge is 0.341 e. The highest BCUT2D eigenvalue weighted by atomic mass is 32.1. The third kappa shape index (κ3) is 4.56. The molecule has 0 saturated heterocycles. The van der Waals surface area contributed by atoms with Crippen molar-refractivity contribution < 1.29 is 19.1 Å². The number of nitrogens with one attached hydrogen (secondary N) is 2. The summed E-state index contributed by atoms with van der Waals surface area (Å²) in [5, 5.41) is 5.76. The molecule has 160 valence electrons. The highest BCUT2D eigenvalue weighted by Gasteiger charge is 2.30. The molecule has 7 heteroatoms. The number of thiophene rings is 1. The molecule has 0 radical (unpaired) electrons. The molecule has 0 fully saturated rings. The van der Waals surface area contributed by atoms with E-state index in [1.165, 1.54) is 11.3 Å². The lowest BCUT2D eigenvalue weighted by Crippen LogP contribution is -2.42. The van der Waals surface area contributed by atoms with Crippen LogP contribution in [0.1, 0.15) is 59.1 Å². The van der Waals surface area contributed by atoms with Crippen LogP contribution in [0.15, 0.2) is 24.3 Å². The minimum absolute atomic E-state index is 0.255. The molecule has 0 aliphatic heterocycles. The first kappa shape index (κ1) is 22.0. The summed E-state index contributed by atoms with van der Waals surface area (Å²) in [4.78, 5) is 38.5. The lowest BCUT2D eigenvalue weighted by molar-refractivity contribution is -0.136. The largest absolute Gasteiger partial charge is 0.462 e. The monoisotopic (exact) mass is 428 g/mol. The maximum absolute atomic E-state index is 12.5. The van der Waals surface area contributed by atoms with Gasteiger partial charge in [0, 0.05) is 16.8 Å². The zero-order valence-corrected chi connectivity index (χ0v) is 18.7. The Labute approximate surface area is 181 Å². The third-order valence-electron chi connectivity index (χ3n) is 5.40. The summed E-state index contributed by atoms with van der Waals surface area (Å²) < 4.78 is 5.16. The van der Waals surface area contributed by atoms with Gasteiger partial charge in [-0.15, -0.1) is 11.3 Å². The summed E-state index contributed by atoms with van der Waals surface area (Å²) in [6.45, 7) is 8.39. The van der Waals surface area contributed by atoms with Crippen molar-refractivity contribution in [2.75, 3.05) is 18.5 Å². The van der Waals surface area contributed by atoms with Crippen LogP contribution in [0.4, 0.5) is 5.00 Å². The van der Waals surface area contributed by atoms with Crippen LogP contribution >= 0.6 is 11.3 Å². The van der Waals surface area contributed by atoms with Crippen molar-refractivity contribution in [2.24, 2.45) is 0 Å². The van der Waals surface area contributed by atoms with Crippen LogP contribution in [0.25, 0.3) is 0 Å². The molecule has 30 heavy (non-hydrogen) atoms. The van der Waals surface area contributed by atoms with E-state index >= 15 is 0 Å². The number of amides is 2. The van der Waals surface area contributed by atoms with E-state index < -0.39 is 17.8 Å². The van der Waals surface area contributed by atoms with Crippen LogP contribution in [0.2, 0.25) is 0 Å². The van der Waals surface area contributed by atoms with Gasteiger partial charge in [0.1, 0.15) is 5.00 Å². The topological polar surface area (TPSA) is 84.5 Å². The van der Waals surface area contributed by atoms with E-state index in [9.17, 15) is 14.4 Å². The molecule has 0 saturated carbocycles. The fourth-order valence-corrected chi connectivity index (χ4v) is 5.15. The minimum atomic E-state index is -0.777. The Hall–Kier alpha value is -2.67. The molecule has 2 amide bonds. The number of rotatable bonds is 6. The molecule has 1 aromatic heterocycles. The minimum Gasteiger partial charge on any atom is -0.462 e. The lowest BCUT2D eigenvalue weighted by atomic mass is 9.82. The Morgan fingerprint density at radius 3 is 2.57 bits per heavy atom. The van der Waals surface area contributed by atoms with Gasteiger partial charge in [-0.2, -0.15) is 0 Å². The van der Waals surface area contributed by atoms with E-state index in [0.29, 0.717) is 17.1 Å². The van der Waals surface area contributed by atoms with Gasteiger partial charge < -0.3 is 15.4 Å². The van der Waals surface area contributed by atoms with Gasteiger partial charge in [0.2, 0.25) is 0 Å². The van der Waals surface area contributed by atoms with E-state index in [1.807, 2.05) is 45.0 Å². The number of hydrogen-bond acceptors (Lipinski definition) is 5. The number of ether oxygens (including phenoxy) is 1. The number of carbonyl (C=O) groups is 3. The molecule has 1 aromatic carbocycles. The van der Waals surface area contributed by atoms with Gasteiger partial charge in [-0.3, -0.25) is 9.59 Å². The van der Waals surface area contributed by atoms with E-state index in [-0.39, 0.29) is 12.0 Å². The fourth-order valence-electron chi connectivity index (χ4n) is 3.88. The third-order valence-corrected chi connectivity index (χ3v) is 6.61. The Morgan fingerprint density at radius 2 is 1.87 bits per heavy atom. The quantitative estimate of drug-likeness (QED) is 0.542. The average Bonchev–Trinajstić information content (AvgIpc) is 3.27. The van der Waals surface area contributed by atoms with Crippen LogP contribution in [0.3, 0.4) is 0 Å². The average molecular weight is 429 g/mol. The first-order valence-electron chi connectivity index (χ1n) is 10.2. The van der Waals surface area contributed by atoms with Gasteiger partial charge in [-0.05, 0) is 49.8 Å². The maximum atomic E-state index is 12.5. The summed E-state index contributed by atoms with van der Waals surface area (Å²) in [7, 11) is 0. The highest BCUT2D eigenvalue weighted by molar-refractivity contribution is 7.17. The van der Waals surface area contributed by atoms with E-state index in [0.717, 1.165) is 40.8 Å². The molecule has 1 aliphatic carbocycles. The molecular weight excluding hydrogens is 400 g/mol. The molecule has 2 aromatic rings. The van der Waals surface area contributed by atoms with E-state index in [2.05, 4.69) is 10.6 Å². The van der Waals surface area contributed by atoms with Crippen LogP contribution in [-0.2, 0) is 32.6 Å². The summed E-state index contributed by atoms with van der Waals surface area (Å²) in [5.41, 5.74) is 3.26. The maximum Gasteiger partial charge on any atom is 0.341 e. The van der Waals surface area contributed by atoms with Crippen LogP contribution in [0, 0.1) is 6.92 Å². The Balaban J connectivity index is 1.69. The SMILES string of the molecule is CCOC(=O)c1c(NC(=O)C(=O)NCC(C)(C)c2ccccc2C)sc2c1CCC2. The Kier molecular flexibility index (Phi) is 6.61. The number of benzene rings is 1. The number of fused-ring (bicyclic) bond motifs is 1. The van der Waals surface area contributed by atoms with Crippen molar-refractivity contribution >= 4 is 34.1 Å². The van der Waals surface area contributed by atoms with Crippen LogP contribution < -0.4 is 10.6 Å². The van der Waals surface area contributed by atoms with Gasteiger partial charge in [0.05, 0.1) is 12.2 Å². The standard InChI is InChI=1S/C23H28N2O4S/c1-5-29-22(28)18-15-10-8-12-17(15)30-21(18)25-20(27)19(26)24-13-23(3,4)16-11-7-6-9-14(16)2/h6-7,9,11H,5,8,10,12-13H2,1-4H3,(H,24,26)(H,25,27). The number of aryl methyl sites for hydroxylation is 2. The first-order chi connectivity index (χ1) is 14.2. The molecule has 0 unspecified atom stereocenters. The number of anilines is 1. The summed E-state index contributed by atoms with van der Waals surface area (Å²) in [5.74, 6) is -1.95. The molecule has 2 N–H and O–H groups in total. The van der Waals surface area contributed by atoms with Gasteiger partial charge in [0.15, 0.2) is 0 Å². The van der Waals surface area contributed by atoms with Crippen LogP contribution in [0.5, 0.6) is 0 Å². The van der Waals surface area contributed by atoms with Crippen molar-refractivity contribution in [3.05, 3.63) is 51.4 Å². The van der Waals surface area contributed by atoms with Gasteiger partial charge in [-0.1, -0.05) is 38.1 Å². The molecule has 1 heterocycles. The second-order valence-corrected chi connectivity index (χ2v) is 9.22. The summed E-state index contributed by atoms with van der Waals surface area (Å²) >= 11 is 1.36. The highest BCUT2D eigenvalue weighted by Crippen LogP contribution is 2.39. The Bertz CT molecular complexity index is 978. The summed E-state index contributed by atoms with van der Waals surface area (Å²) in [6, 6.07) is 7.99. The van der Waals surface area contributed by atoms with Gasteiger partial charge in [0.25, 0.3) is 0 Å². The van der Waals surface area contributed by atoms with E-state index in [4.69, 9.17) is 4.74 Å². The molecular formula is C23H28N2O4S. The molecule has 1 aliphatic rings. The van der Waals surface area contributed by atoms with E-state index in [1.54, 1.807) is 6.92 Å². The predicted octanol–water partition coefficient (Wildman–Crippen LogP) is 3.75. The molecule has 0 spiro atoms. The Morgan fingerprint density at radius 1 is 1.13 bits per heavy atom. The van der Waals surface area contributed by atoms with Crippen molar-refractivity contribution in [1.82, 2.24) is 5.32 Å². The van der Waals surface area contributed by atoms with Crippen molar-refractivity contribution in [3.8, 4) is 0 Å². The zero-order valence-electron chi connectivity index (χ0n) is 17.9. The molecule has 0 bridgehead atoms. The zero-order chi connectivity index (χ0) is 21.9. The fraction of sp³-hybridized carbons (Fsp3) is 0.435. The molecule has 0 atom stereocenters. The first-order valence-corrected chi connectivity index (χ1v) is 11.0. The number of hydrogen-bond donors (Lipinski definition) is 2.